The Morgan fingerprint density at radius 2 is 0.907 bits per heavy atom. The van der Waals surface area contributed by atoms with E-state index < -0.39 is 49.5 Å². The largest absolute Gasteiger partial charge is 0.465 e. The van der Waals surface area contributed by atoms with Crippen LogP contribution in [0.25, 0.3) is 0 Å². The van der Waals surface area contributed by atoms with E-state index in [-0.39, 0.29) is 18.5 Å². The van der Waals surface area contributed by atoms with Crippen LogP contribution in [0.2, 0.25) is 0 Å². The van der Waals surface area contributed by atoms with Gasteiger partial charge >= 0.3 is 5.97 Å². The number of nitrogens with one attached hydrogen (secondary N) is 1. The van der Waals surface area contributed by atoms with Crippen LogP contribution >= 0.6 is 0 Å². The zero-order valence-corrected chi connectivity index (χ0v) is 47.7. The summed E-state index contributed by atoms with van der Waals surface area (Å²) in [6.45, 7) is 4.15. The number of ether oxygens (including phenoxy) is 3. The maximum atomic E-state index is 13.0. The number of aliphatic hydroxyl groups excluding tert-OH is 5. The van der Waals surface area contributed by atoms with Gasteiger partial charge in [-0.3, -0.25) is 9.59 Å². The first-order chi connectivity index (χ1) is 36.7. The Morgan fingerprint density at radius 3 is 1.43 bits per heavy atom. The van der Waals surface area contributed by atoms with Crippen molar-refractivity contribution in [2.24, 2.45) is 0 Å². The number of carbonyl (C=O) groups is 2. The number of carbonyl (C=O) groups excluding carboxylic acids is 2. The molecule has 75 heavy (non-hydrogen) atoms. The van der Waals surface area contributed by atoms with Gasteiger partial charge in [0, 0.05) is 12.8 Å². The molecule has 0 spiro atoms. The van der Waals surface area contributed by atoms with Crippen molar-refractivity contribution in [1.29, 1.82) is 0 Å². The number of esters is 1. The number of unbranched alkanes of at least 4 members (excludes halogenated alkanes) is 28. The highest BCUT2D eigenvalue weighted by molar-refractivity contribution is 5.76. The Balaban J connectivity index is 2.12. The van der Waals surface area contributed by atoms with E-state index in [1.54, 1.807) is 6.08 Å². The summed E-state index contributed by atoms with van der Waals surface area (Å²) in [5.41, 5.74) is 0. The Kier molecular flexibility index (Phi) is 49.7. The summed E-state index contributed by atoms with van der Waals surface area (Å²) in [6, 6.07) is -0.840. The summed E-state index contributed by atoms with van der Waals surface area (Å²) in [5.74, 6) is -0.263. The first kappa shape index (κ1) is 70.1. The van der Waals surface area contributed by atoms with E-state index in [2.05, 4.69) is 79.9 Å². The molecule has 1 amide bonds. The molecule has 1 fully saturated rings. The maximum Gasteiger partial charge on any atom is 0.305 e. The molecule has 0 bridgehead atoms. The van der Waals surface area contributed by atoms with E-state index in [0.29, 0.717) is 19.4 Å². The minimum Gasteiger partial charge on any atom is -0.465 e. The monoisotopic (exact) mass is 1060 g/mol. The lowest BCUT2D eigenvalue weighted by molar-refractivity contribution is -0.302. The minimum absolute atomic E-state index is 0.0603. The van der Waals surface area contributed by atoms with Gasteiger partial charge in [0.15, 0.2) is 6.29 Å². The Morgan fingerprint density at radius 1 is 0.493 bits per heavy atom. The Hall–Kier alpha value is -2.90. The van der Waals surface area contributed by atoms with Crippen LogP contribution in [-0.2, 0) is 23.8 Å². The average molecular weight is 1060 g/mol. The molecule has 7 unspecified atom stereocenters. The van der Waals surface area contributed by atoms with Crippen molar-refractivity contribution in [3.63, 3.8) is 0 Å². The quantitative estimate of drug-likeness (QED) is 0.0195. The molecular formula is C64H113NO10. The molecule has 0 aromatic carbocycles. The molecule has 0 saturated carbocycles. The zero-order valence-electron chi connectivity index (χ0n) is 47.7. The van der Waals surface area contributed by atoms with Gasteiger partial charge in [-0.2, -0.15) is 0 Å². The molecule has 1 rings (SSSR count). The van der Waals surface area contributed by atoms with Crippen molar-refractivity contribution < 1.29 is 49.3 Å². The Bertz CT molecular complexity index is 1470. The van der Waals surface area contributed by atoms with Crippen molar-refractivity contribution in [1.82, 2.24) is 5.32 Å². The molecule has 0 aromatic heterocycles. The predicted octanol–water partition coefficient (Wildman–Crippen LogP) is 14.4. The number of hydrogen-bond donors (Lipinski definition) is 6. The summed E-state index contributed by atoms with van der Waals surface area (Å²) in [4.78, 5) is 25.0. The molecule has 0 aromatic rings. The second kappa shape index (κ2) is 53.1. The highest BCUT2D eigenvalue weighted by Crippen LogP contribution is 2.23. The van der Waals surface area contributed by atoms with Crippen LogP contribution in [0.3, 0.4) is 0 Å². The van der Waals surface area contributed by atoms with Gasteiger partial charge in [0.2, 0.25) is 5.91 Å². The first-order valence-electron chi connectivity index (χ1n) is 30.7. The van der Waals surface area contributed by atoms with E-state index in [0.717, 1.165) is 89.9 Å². The lowest BCUT2D eigenvalue weighted by atomic mass is 9.99. The normalized spacial score (nSPS) is 19.3. The average Bonchev–Trinajstić information content (AvgIpc) is 3.41. The van der Waals surface area contributed by atoms with Gasteiger partial charge in [-0.25, -0.2) is 0 Å². The van der Waals surface area contributed by atoms with Gasteiger partial charge in [-0.05, 0) is 103 Å². The number of allylic oxidation sites excluding steroid dienone is 10. The third-order valence-corrected chi connectivity index (χ3v) is 14.0. The topological polar surface area (TPSA) is 175 Å². The van der Waals surface area contributed by atoms with Crippen molar-refractivity contribution in [2.75, 3.05) is 19.8 Å². The van der Waals surface area contributed by atoms with Gasteiger partial charge in [0.05, 0.1) is 32.0 Å². The zero-order chi connectivity index (χ0) is 54.5. The van der Waals surface area contributed by atoms with Crippen LogP contribution in [0.1, 0.15) is 258 Å². The van der Waals surface area contributed by atoms with Crippen LogP contribution in [0.5, 0.6) is 0 Å². The highest BCUT2D eigenvalue weighted by atomic mass is 16.7. The molecule has 1 saturated heterocycles. The SMILES string of the molecule is CCCCC/C=C\CCCCCCCC(=O)OCC/C=C\C/C=C\CCCCCCCCCCCCCCCCC(=O)NC(COC1OC(CO)C(O)C(O)C1O)C(O)/C=C/CC/C=C/CC/C=C/CCCCCC. The molecule has 7 atom stereocenters. The van der Waals surface area contributed by atoms with E-state index in [1.165, 1.54) is 141 Å². The summed E-state index contributed by atoms with van der Waals surface area (Å²) < 4.78 is 16.6. The van der Waals surface area contributed by atoms with Gasteiger partial charge in [-0.1, -0.05) is 215 Å². The molecule has 434 valence electrons. The van der Waals surface area contributed by atoms with E-state index >= 15 is 0 Å². The van der Waals surface area contributed by atoms with Crippen molar-refractivity contribution in [3.8, 4) is 0 Å². The predicted molar refractivity (Wildman–Crippen MR) is 310 cm³/mol. The molecular weight excluding hydrogens is 943 g/mol. The molecule has 11 heteroatoms. The molecule has 11 nitrogen and oxygen atoms in total. The molecule has 1 heterocycles. The smallest absolute Gasteiger partial charge is 0.305 e. The van der Waals surface area contributed by atoms with E-state index in [9.17, 15) is 35.1 Å². The lowest BCUT2D eigenvalue weighted by Crippen LogP contribution is -2.60. The molecule has 1 aliphatic heterocycles. The summed E-state index contributed by atoms with van der Waals surface area (Å²) in [6.07, 6.45) is 60.1. The van der Waals surface area contributed by atoms with Crippen LogP contribution < -0.4 is 5.32 Å². The maximum absolute atomic E-state index is 13.0. The van der Waals surface area contributed by atoms with Crippen molar-refractivity contribution >= 4 is 11.9 Å². The van der Waals surface area contributed by atoms with Crippen LogP contribution in [0.15, 0.2) is 72.9 Å². The van der Waals surface area contributed by atoms with Crippen molar-refractivity contribution in [3.05, 3.63) is 72.9 Å². The fraction of sp³-hybridized carbons (Fsp3) is 0.781. The second-order valence-electron chi connectivity index (χ2n) is 21.0. The number of amides is 1. The van der Waals surface area contributed by atoms with E-state index in [4.69, 9.17) is 14.2 Å². The third kappa shape index (κ3) is 42.8. The molecule has 0 radical (unpaired) electrons. The van der Waals surface area contributed by atoms with Gasteiger partial charge in [0.25, 0.3) is 0 Å². The highest BCUT2D eigenvalue weighted by Gasteiger charge is 2.44. The molecule has 1 aliphatic rings. The lowest BCUT2D eigenvalue weighted by Gasteiger charge is -2.40. The standard InChI is InChI=1S/C64H113NO10/c1-3-5-7-9-11-13-15-17-27-30-34-38-42-46-50-57(67)56(55-74-64-63(72)62(71)61(70)58(54-66)75-64)65-59(68)51-47-43-39-35-31-28-25-23-21-19-18-20-22-24-26-29-33-37-41-45-49-53-73-60(69)52-48-44-40-36-32-16-14-12-10-8-6-4-2/h12-15,29-30,33-34,41,45-46,50,56-58,61-64,66-67,70-72H,3-11,16-28,31-32,35-40,42-44,47-49,51-55H2,1-2H3,(H,65,68)/b14-12-,15-13+,33-29-,34-30+,45-41-,50-46+. The molecule has 6 N–H and O–H groups in total. The summed E-state index contributed by atoms with van der Waals surface area (Å²) >= 11 is 0. The fourth-order valence-corrected chi connectivity index (χ4v) is 9.12. The van der Waals surface area contributed by atoms with Gasteiger partial charge < -0.3 is 45.1 Å². The van der Waals surface area contributed by atoms with Gasteiger partial charge in [-0.15, -0.1) is 0 Å². The number of aliphatic hydroxyl groups is 5. The van der Waals surface area contributed by atoms with Crippen LogP contribution in [0, 0.1) is 0 Å². The summed E-state index contributed by atoms with van der Waals surface area (Å²) in [7, 11) is 0. The first-order valence-corrected chi connectivity index (χ1v) is 30.7. The van der Waals surface area contributed by atoms with E-state index in [1.807, 2.05) is 6.08 Å². The second-order valence-corrected chi connectivity index (χ2v) is 21.0. The summed E-state index contributed by atoms with van der Waals surface area (Å²) in [5, 5.41) is 54.4. The van der Waals surface area contributed by atoms with Crippen LogP contribution in [0.4, 0.5) is 0 Å². The van der Waals surface area contributed by atoms with Crippen molar-refractivity contribution in [2.45, 2.75) is 301 Å². The minimum atomic E-state index is -1.58. The van der Waals surface area contributed by atoms with Crippen LogP contribution in [-0.4, -0.2) is 100 Å². The third-order valence-electron chi connectivity index (χ3n) is 14.0. The molecule has 0 aliphatic carbocycles. The number of hydrogen-bond acceptors (Lipinski definition) is 10. The fourth-order valence-electron chi connectivity index (χ4n) is 9.12. The number of rotatable bonds is 52. The van der Waals surface area contributed by atoms with Gasteiger partial charge in [0.1, 0.15) is 24.4 Å². The Labute approximate surface area is 458 Å².